The van der Waals surface area contributed by atoms with Gasteiger partial charge in [0.05, 0.1) is 6.61 Å². The Morgan fingerprint density at radius 2 is 1.86 bits per heavy atom. The Balaban J connectivity index is 2.38. The van der Waals surface area contributed by atoms with Gasteiger partial charge in [-0.1, -0.05) is 48.5 Å². The van der Waals surface area contributed by atoms with Gasteiger partial charge in [0, 0.05) is 22.3 Å². The van der Waals surface area contributed by atoms with Gasteiger partial charge in [0.1, 0.15) is 5.75 Å². The molecule has 0 radical (unpaired) electrons. The Bertz CT molecular complexity index is 525. The quantitative estimate of drug-likeness (QED) is 0.503. The number of halogens is 1. The predicted molar refractivity (Wildman–Crippen MR) is 91.2 cm³/mol. The van der Waals surface area contributed by atoms with Crippen molar-refractivity contribution >= 4 is 40.4 Å². The van der Waals surface area contributed by atoms with Crippen LogP contribution in [0, 0.1) is 5.41 Å². The largest absolute Gasteiger partial charge is 0.425 e. The lowest BCUT2D eigenvalue weighted by Crippen LogP contribution is -2.17. The summed E-state index contributed by atoms with van der Waals surface area (Å²) in [6, 6.07) is 7.02. The fourth-order valence-electron chi connectivity index (χ4n) is 1.27. The van der Waals surface area contributed by atoms with Gasteiger partial charge in [-0.25, -0.2) is 4.57 Å². The fourth-order valence-corrected chi connectivity index (χ4v) is 3.42. The van der Waals surface area contributed by atoms with Crippen molar-refractivity contribution in [3.05, 3.63) is 28.7 Å². The molecule has 4 nitrogen and oxygen atoms in total. The number of rotatable bonds is 6. The first kappa shape index (κ1) is 18.8. The van der Waals surface area contributed by atoms with Crippen molar-refractivity contribution in [2.75, 3.05) is 19.0 Å². The van der Waals surface area contributed by atoms with Gasteiger partial charge in [0.25, 0.3) is 0 Å². The molecule has 1 aromatic rings. The van der Waals surface area contributed by atoms with Gasteiger partial charge in [-0.2, -0.15) is 0 Å². The number of benzene rings is 1. The summed E-state index contributed by atoms with van der Waals surface area (Å²) in [6.45, 7) is 7.22. The molecular weight excluding hydrogens is 375 g/mol. The minimum absolute atomic E-state index is 0.0888. The zero-order chi connectivity index (χ0) is 16.1. The summed E-state index contributed by atoms with van der Waals surface area (Å²) in [7, 11) is -3.17. The maximum absolute atomic E-state index is 12.2. The van der Waals surface area contributed by atoms with Crippen LogP contribution in [0.1, 0.15) is 20.8 Å². The summed E-state index contributed by atoms with van der Waals surface area (Å²) in [4.78, 5) is 11.7. The molecule has 0 fully saturated rings. The molecule has 0 aromatic heterocycles. The molecule has 7 heteroatoms. The number of hydrogen-bond donors (Lipinski definition) is 0. The first-order valence-electron chi connectivity index (χ1n) is 6.45. The summed E-state index contributed by atoms with van der Waals surface area (Å²) in [5.41, 5.74) is -0.380. The van der Waals surface area contributed by atoms with Crippen molar-refractivity contribution in [1.29, 1.82) is 0 Å². The van der Waals surface area contributed by atoms with Crippen LogP contribution in [-0.2, 0) is 13.9 Å². The summed E-state index contributed by atoms with van der Waals surface area (Å²) >= 11 is 4.50. The van der Waals surface area contributed by atoms with E-state index in [0.29, 0.717) is 11.5 Å². The van der Waals surface area contributed by atoms with Crippen molar-refractivity contribution < 1.29 is 18.4 Å². The lowest BCUT2D eigenvalue weighted by Gasteiger charge is -2.17. The van der Waals surface area contributed by atoms with Crippen LogP contribution in [-0.4, -0.2) is 24.1 Å². The van der Waals surface area contributed by atoms with E-state index in [-0.39, 0.29) is 17.1 Å². The van der Waals surface area contributed by atoms with E-state index >= 15 is 0 Å². The van der Waals surface area contributed by atoms with Crippen LogP contribution >= 0.6 is 35.3 Å². The minimum atomic E-state index is -3.17. The van der Waals surface area contributed by atoms with Crippen LogP contribution in [0.15, 0.2) is 28.7 Å². The number of carbonyl (C=O) groups is 1. The van der Waals surface area contributed by atoms with Crippen LogP contribution in [0.2, 0.25) is 0 Å². The lowest BCUT2D eigenvalue weighted by molar-refractivity contribution is -0.117. The molecule has 1 rings (SSSR count). The molecule has 1 unspecified atom stereocenters. The molecule has 0 heterocycles. The third kappa shape index (κ3) is 7.50. The second kappa shape index (κ2) is 7.82. The third-order valence-corrected chi connectivity index (χ3v) is 5.31. The van der Waals surface area contributed by atoms with E-state index in [1.807, 2.05) is 20.8 Å². The van der Waals surface area contributed by atoms with Gasteiger partial charge in [0.15, 0.2) is 5.12 Å². The van der Waals surface area contributed by atoms with Crippen molar-refractivity contribution in [3.8, 4) is 5.75 Å². The zero-order valence-electron chi connectivity index (χ0n) is 12.6. The molecule has 1 atom stereocenters. The molecule has 118 valence electrons. The first-order chi connectivity index (χ1) is 9.60. The zero-order valence-corrected chi connectivity index (χ0v) is 15.9. The molecule has 0 aliphatic heterocycles. The average Bonchev–Trinajstić information content (AvgIpc) is 2.36. The molecular formula is C14H20BrO4PS. The highest BCUT2D eigenvalue weighted by atomic mass is 79.9. The highest BCUT2D eigenvalue weighted by Gasteiger charge is 2.23. The van der Waals surface area contributed by atoms with Crippen LogP contribution in [0.3, 0.4) is 0 Å². The highest BCUT2D eigenvalue weighted by Crippen LogP contribution is 2.44. The topological polar surface area (TPSA) is 52.6 Å². The maximum Gasteiger partial charge on any atom is 0.376 e. The molecule has 0 aliphatic carbocycles. The SMILES string of the molecule is CC(C)(C)C(=O)SCCOP(C)(=O)Oc1ccc(Br)cc1. The number of carbonyl (C=O) groups excluding carboxylic acids is 1. The van der Waals surface area contributed by atoms with Gasteiger partial charge in [-0.3, -0.25) is 9.32 Å². The Kier molecular flexibility index (Phi) is 6.98. The molecule has 1 aromatic carbocycles. The molecule has 0 N–H and O–H groups in total. The Morgan fingerprint density at radius 1 is 1.29 bits per heavy atom. The van der Waals surface area contributed by atoms with E-state index in [2.05, 4.69) is 15.9 Å². The minimum Gasteiger partial charge on any atom is -0.425 e. The number of thioether (sulfide) groups is 1. The van der Waals surface area contributed by atoms with Gasteiger partial charge < -0.3 is 4.52 Å². The normalized spacial score (nSPS) is 14.5. The third-order valence-electron chi connectivity index (χ3n) is 2.34. The van der Waals surface area contributed by atoms with E-state index in [0.717, 1.165) is 4.47 Å². The Hall–Kier alpha value is -0.290. The highest BCUT2D eigenvalue weighted by molar-refractivity contribution is 9.10. The van der Waals surface area contributed by atoms with E-state index < -0.39 is 7.60 Å². The van der Waals surface area contributed by atoms with E-state index in [1.54, 1.807) is 24.3 Å². The molecule has 0 saturated heterocycles. The molecule has 0 aliphatic rings. The predicted octanol–water partition coefficient (Wildman–Crippen LogP) is 4.97. The number of hydrogen-bond acceptors (Lipinski definition) is 5. The van der Waals surface area contributed by atoms with Crippen LogP contribution in [0.5, 0.6) is 5.75 Å². The summed E-state index contributed by atoms with van der Waals surface area (Å²) in [5, 5.41) is 0.0888. The summed E-state index contributed by atoms with van der Waals surface area (Å²) < 4.78 is 23.7. The van der Waals surface area contributed by atoms with E-state index in [4.69, 9.17) is 9.05 Å². The van der Waals surface area contributed by atoms with Crippen molar-refractivity contribution in [3.63, 3.8) is 0 Å². The van der Waals surface area contributed by atoms with Crippen LogP contribution in [0.25, 0.3) is 0 Å². The summed E-state index contributed by atoms with van der Waals surface area (Å²) in [5.74, 6) is 0.944. The smallest absolute Gasteiger partial charge is 0.376 e. The average molecular weight is 395 g/mol. The van der Waals surface area contributed by atoms with Crippen molar-refractivity contribution in [2.45, 2.75) is 20.8 Å². The van der Waals surface area contributed by atoms with E-state index in [1.165, 1.54) is 18.4 Å². The Labute approximate surface area is 138 Å². The van der Waals surface area contributed by atoms with Crippen LogP contribution in [0.4, 0.5) is 0 Å². The second-order valence-electron chi connectivity index (χ2n) is 5.54. The van der Waals surface area contributed by atoms with Crippen molar-refractivity contribution in [2.24, 2.45) is 5.41 Å². The molecule has 0 amide bonds. The lowest BCUT2D eigenvalue weighted by atomic mass is 10.00. The van der Waals surface area contributed by atoms with Gasteiger partial charge in [0.2, 0.25) is 0 Å². The molecule has 0 saturated carbocycles. The van der Waals surface area contributed by atoms with Gasteiger partial charge in [-0.05, 0) is 24.3 Å². The van der Waals surface area contributed by atoms with Gasteiger partial charge in [-0.15, -0.1) is 0 Å². The molecule has 0 bridgehead atoms. The van der Waals surface area contributed by atoms with Crippen LogP contribution < -0.4 is 4.52 Å². The maximum atomic E-state index is 12.2. The van der Waals surface area contributed by atoms with E-state index in [9.17, 15) is 9.36 Å². The monoisotopic (exact) mass is 394 g/mol. The second-order valence-corrected chi connectivity index (χ2v) is 9.50. The molecule has 21 heavy (non-hydrogen) atoms. The summed E-state index contributed by atoms with van der Waals surface area (Å²) in [6.07, 6.45) is 0. The van der Waals surface area contributed by atoms with Gasteiger partial charge >= 0.3 is 7.60 Å². The molecule has 0 spiro atoms. The van der Waals surface area contributed by atoms with Crippen molar-refractivity contribution in [1.82, 2.24) is 0 Å². The fraction of sp³-hybridized carbons (Fsp3) is 0.500. The first-order valence-corrected chi connectivity index (χ1v) is 10.2. The Morgan fingerprint density at radius 3 is 2.38 bits per heavy atom. The standard InChI is InChI=1S/C14H20BrO4PS/c1-14(2,3)13(16)21-10-9-18-20(4,17)19-12-7-5-11(15)6-8-12/h5-8H,9-10H2,1-4H3.